The summed E-state index contributed by atoms with van der Waals surface area (Å²) in [5.74, 6) is -1.52. The van der Waals surface area contributed by atoms with Crippen LogP contribution in [0.25, 0.3) is 0 Å². The van der Waals surface area contributed by atoms with Crippen LogP contribution in [0.4, 0.5) is 0 Å². The summed E-state index contributed by atoms with van der Waals surface area (Å²) in [5, 5.41) is 12.9. The first-order chi connectivity index (χ1) is 12.4. The van der Waals surface area contributed by atoms with Gasteiger partial charge in [0.2, 0.25) is 0 Å². The lowest BCUT2D eigenvalue weighted by Crippen LogP contribution is -2.44. The molecule has 0 aromatic carbocycles. The normalized spacial score (nSPS) is 26.8. The van der Waals surface area contributed by atoms with E-state index in [-0.39, 0.29) is 16.4 Å². The van der Waals surface area contributed by atoms with E-state index in [1.807, 2.05) is 40.7 Å². The number of nitrogens with zero attached hydrogens (tertiary/aromatic N) is 2. The maximum absolute atomic E-state index is 12.1. The van der Waals surface area contributed by atoms with E-state index >= 15 is 0 Å². The molecule has 0 bridgehead atoms. The van der Waals surface area contributed by atoms with Crippen molar-refractivity contribution in [2.75, 3.05) is 14.2 Å². The Hall–Kier alpha value is -2.62. The lowest BCUT2D eigenvalue weighted by Gasteiger charge is -2.30. The second-order valence-electron chi connectivity index (χ2n) is 8.45. The summed E-state index contributed by atoms with van der Waals surface area (Å²) in [6.45, 7) is 9.96. The molecular weight excluding hydrogens is 346 g/mol. The summed E-state index contributed by atoms with van der Waals surface area (Å²) < 4.78 is 9.45. The van der Waals surface area contributed by atoms with Crippen molar-refractivity contribution in [2.45, 2.75) is 53.0 Å². The maximum atomic E-state index is 12.1. The molecule has 7 heteroatoms. The van der Waals surface area contributed by atoms with Crippen LogP contribution in [-0.2, 0) is 19.1 Å². The highest BCUT2D eigenvalue weighted by Gasteiger charge is 2.48. The van der Waals surface area contributed by atoms with E-state index in [4.69, 9.17) is 9.47 Å². The van der Waals surface area contributed by atoms with E-state index in [2.05, 4.69) is 16.4 Å². The Kier molecular flexibility index (Phi) is 5.24. The highest BCUT2D eigenvalue weighted by atomic mass is 16.5. The average Bonchev–Trinajstić information content (AvgIpc) is 2.99. The quantitative estimate of drug-likeness (QED) is 0.353. The van der Waals surface area contributed by atoms with Crippen molar-refractivity contribution in [3.05, 3.63) is 23.0 Å². The van der Waals surface area contributed by atoms with Gasteiger partial charge in [0, 0.05) is 28.7 Å². The van der Waals surface area contributed by atoms with E-state index in [1.165, 1.54) is 14.2 Å². The standard InChI is InChI=1S/C20H27N3O4/c1-18(2)10-13(15(16(24)26-6)17(25)27-7)22-14(18)8-12-9-19(3,4)20(5,11-21)23-12/h8,23H,9-10H2,1-7H3/b12-8-. The Bertz CT molecular complexity index is 794. The minimum Gasteiger partial charge on any atom is -0.465 e. The molecule has 2 aliphatic rings. The summed E-state index contributed by atoms with van der Waals surface area (Å²) >= 11 is 0. The first-order valence-electron chi connectivity index (χ1n) is 8.80. The van der Waals surface area contributed by atoms with Gasteiger partial charge in [0.15, 0.2) is 5.57 Å². The highest BCUT2D eigenvalue weighted by Crippen LogP contribution is 2.44. The van der Waals surface area contributed by atoms with Crippen LogP contribution in [-0.4, -0.2) is 37.4 Å². The van der Waals surface area contributed by atoms with Gasteiger partial charge >= 0.3 is 11.9 Å². The molecule has 0 radical (unpaired) electrons. The first-order valence-corrected chi connectivity index (χ1v) is 8.80. The number of aliphatic imine (C=N–C) groups is 1. The molecule has 0 spiro atoms. The summed E-state index contributed by atoms with van der Waals surface area (Å²) in [6.07, 6.45) is 3.03. The topological polar surface area (TPSA) is 101 Å². The molecule has 2 aliphatic heterocycles. The third kappa shape index (κ3) is 3.61. The number of allylic oxidation sites excluding steroid dienone is 3. The molecule has 2 rings (SSSR count). The van der Waals surface area contributed by atoms with Crippen LogP contribution in [0.15, 0.2) is 28.0 Å². The minimum atomic E-state index is -0.762. The van der Waals surface area contributed by atoms with Gasteiger partial charge in [-0.3, -0.25) is 4.99 Å². The van der Waals surface area contributed by atoms with Crippen LogP contribution < -0.4 is 5.32 Å². The van der Waals surface area contributed by atoms with Gasteiger partial charge in [-0.15, -0.1) is 0 Å². The molecule has 1 saturated heterocycles. The number of carbonyl (C=O) groups excluding carboxylic acids is 2. The predicted molar refractivity (Wildman–Crippen MR) is 101 cm³/mol. The predicted octanol–water partition coefficient (Wildman–Crippen LogP) is 2.64. The molecule has 0 aromatic rings. The second-order valence-corrected chi connectivity index (χ2v) is 8.45. The summed E-state index contributed by atoms with van der Waals surface area (Å²) in [4.78, 5) is 28.7. The number of hydrogen-bond acceptors (Lipinski definition) is 7. The molecule has 1 unspecified atom stereocenters. The summed E-state index contributed by atoms with van der Waals surface area (Å²) in [7, 11) is 2.43. The lowest BCUT2D eigenvalue weighted by molar-refractivity contribution is -0.144. The molecule has 1 fully saturated rings. The number of nitrogens with one attached hydrogen (secondary N) is 1. The van der Waals surface area contributed by atoms with E-state index in [0.29, 0.717) is 18.5 Å². The molecule has 0 saturated carbocycles. The van der Waals surface area contributed by atoms with Gasteiger partial charge in [-0.2, -0.15) is 5.26 Å². The number of ether oxygens (including phenoxy) is 2. The largest absolute Gasteiger partial charge is 0.465 e. The van der Waals surface area contributed by atoms with Crippen LogP contribution in [0.5, 0.6) is 0 Å². The monoisotopic (exact) mass is 373 g/mol. The molecule has 2 heterocycles. The zero-order chi connectivity index (χ0) is 20.6. The van der Waals surface area contributed by atoms with Crippen molar-refractivity contribution in [3.63, 3.8) is 0 Å². The van der Waals surface area contributed by atoms with E-state index < -0.39 is 17.5 Å². The van der Waals surface area contributed by atoms with Gasteiger partial charge in [0.05, 0.1) is 26.0 Å². The summed E-state index contributed by atoms with van der Waals surface area (Å²) in [5.41, 5.74) is 0.530. The molecule has 1 N–H and O–H groups in total. The van der Waals surface area contributed by atoms with Gasteiger partial charge in [0.25, 0.3) is 0 Å². The fourth-order valence-electron chi connectivity index (χ4n) is 3.36. The minimum absolute atomic E-state index is 0.178. The molecule has 0 aliphatic carbocycles. The van der Waals surface area contributed by atoms with Gasteiger partial charge in [-0.25, -0.2) is 9.59 Å². The van der Waals surface area contributed by atoms with Gasteiger partial charge in [-0.05, 0) is 19.4 Å². The van der Waals surface area contributed by atoms with Crippen molar-refractivity contribution in [3.8, 4) is 6.07 Å². The fourth-order valence-corrected chi connectivity index (χ4v) is 3.36. The van der Waals surface area contributed by atoms with Crippen LogP contribution >= 0.6 is 0 Å². The van der Waals surface area contributed by atoms with Gasteiger partial charge in [-0.1, -0.05) is 27.7 Å². The van der Waals surface area contributed by atoms with Crippen LogP contribution in [0.1, 0.15) is 47.5 Å². The smallest absolute Gasteiger partial charge is 0.347 e. The molecule has 1 atom stereocenters. The van der Waals surface area contributed by atoms with E-state index in [1.54, 1.807) is 0 Å². The summed E-state index contributed by atoms with van der Waals surface area (Å²) in [6, 6.07) is 2.35. The first kappa shape index (κ1) is 20.7. The molecule has 27 heavy (non-hydrogen) atoms. The van der Waals surface area contributed by atoms with Gasteiger partial charge < -0.3 is 14.8 Å². The number of rotatable bonds is 3. The Balaban J connectivity index is 2.50. The van der Waals surface area contributed by atoms with Crippen molar-refractivity contribution in [2.24, 2.45) is 15.8 Å². The fraction of sp³-hybridized carbons (Fsp3) is 0.600. The Labute approximate surface area is 160 Å². The molecular formula is C20H27N3O4. The number of carbonyl (C=O) groups is 2. The molecule has 0 amide bonds. The second kappa shape index (κ2) is 6.84. The maximum Gasteiger partial charge on any atom is 0.347 e. The van der Waals surface area contributed by atoms with Gasteiger partial charge in [0.1, 0.15) is 5.54 Å². The molecule has 7 nitrogen and oxygen atoms in total. The zero-order valence-electron chi connectivity index (χ0n) is 17.0. The number of esters is 2. The Morgan fingerprint density at radius 2 is 1.67 bits per heavy atom. The van der Waals surface area contributed by atoms with Crippen molar-refractivity contribution < 1.29 is 19.1 Å². The van der Waals surface area contributed by atoms with Crippen molar-refractivity contribution >= 4 is 17.7 Å². The van der Waals surface area contributed by atoms with Crippen LogP contribution in [0.2, 0.25) is 0 Å². The molecule has 146 valence electrons. The Morgan fingerprint density at radius 3 is 2.11 bits per heavy atom. The van der Waals surface area contributed by atoms with E-state index in [9.17, 15) is 14.9 Å². The van der Waals surface area contributed by atoms with E-state index in [0.717, 1.165) is 11.4 Å². The number of methoxy groups -OCH3 is 2. The number of hydrogen-bond donors (Lipinski definition) is 1. The van der Waals surface area contributed by atoms with Crippen LogP contribution in [0.3, 0.4) is 0 Å². The number of nitriles is 1. The Morgan fingerprint density at radius 1 is 1.11 bits per heavy atom. The SMILES string of the molecule is COC(=O)C(C(=O)OC)=C1CC(C)(C)C(/C=C2/CC(C)(C)C(C)(C#N)N2)=N1. The average molecular weight is 373 g/mol. The van der Waals surface area contributed by atoms with Crippen molar-refractivity contribution in [1.82, 2.24) is 5.32 Å². The molecule has 0 aromatic heterocycles. The van der Waals surface area contributed by atoms with Crippen molar-refractivity contribution in [1.29, 1.82) is 5.26 Å². The lowest BCUT2D eigenvalue weighted by atomic mass is 9.75. The third-order valence-electron chi connectivity index (χ3n) is 5.56. The third-order valence-corrected chi connectivity index (χ3v) is 5.56. The van der Waals surface area contributed by atoms with Crippen LogP contribution in [0, 0.1) is 22.2 Å². The highest BCUT2D eigenvalue weighted by molar-refractivity contribution is 6.16. The zero-order valence-corrected chi connectivity index (χ0v) is 17.0.